The second-order valence-electron chi connectivity index (χ2n) is 7.71. The normalized spacial score (nSPS) is 13.6. The molecule has 1 N–H and O–H groups in total. The van der Waals surface area contributed by atoms with Crippen molar-refractivity contribution in [1.29, 1.82) is 0 Å². The van der Waals surface area contributed by atoms with Gasteiger partial charge < -0.3 is 5.32 Å². The number of benzene rings is 2. The molecule has 5 rings (SSSR count). The van der Waals surface area contributed by atoms with Crippen LogP contribution in [0.15, 0.2) is 83.8 Å². The molecule has 2 aromatic carbocycles. The highest BCUT2D eigenvalue weighted by molar-refractivity contribution is 5.79. The van der Waals surface area contributed by atoms with E-state index in [1.54, 1.807) is 29.1 Å². The third-order valence-electron chi connectivity index (χ3n) is 5.63. The maximum absolute atomic E-state index is 13.5. The number of halogens is 1. The van der Waals surface area contributed by atoms with Crippen molar-refractivity contribution in [1.82, 2.24) is 19.3 Å². The van der Waals surface area contributed by atoms with Crippen LogP contribution in [-0.2, 0) is 13.1 Å². The molecule has 32 heavy (non-hydrogen) atoms. The van der Waals surface area contributed by atoms with Crippen LogP contribution < -0.4 is 10.9 Å². The molecule has 0 bridgehead atoms. The van der Waals surface area contributed by atoms with E-state index in [4.69, 9.17) is 4.98 Å². The molecule has 0 fully saturated rings. The Morgan fingerprint density at radius 2 is 1.69 bits per heavy atom. The Morgan fingerprint density at radius 1 is 0.969 bits per heavy atom. The number of allylic oxidation sites excluding steroid dienone is 2. The van der Waals surface area contributed by atoms with Gasteiger partial charge in [-0.3, -0.25) is 9.48 Å². The lowest BCUT2D eigenvalue weighted by Crippen LogP contribution is -2.25. The molecule has 0 amide bonds. The Kier molecular flexibility index (Phi) is 5.15. The second-order valence-corrected chi connectivity index (χ2v) is 7.71. The largest absolute Gasteiger partial charge is 0.348 e. The highest BCUT2D eigenvalue weighted by Crippen LogP contribution is 2.31. The summed E-state index contributed by atoms with van der Waals surface area (Å²) < 4.78 is 17.2. The van der Waals surface area contributed by atoms with E-state index < -0.39 is 0 Å². The van der Waals surface area contributed by atoms with Gasteiger partial charge in [-0.15, -0.1) is 0 Å². The fraction of sp³-hybridized carbons (Fsp3) is 0.160. The standard InChI is InChI=1S/C25H22FN5O/c1-17(18-7-3-2-4-8-18)28-25-27-14-13-21(29-25)23-22(19-9-11-20(26)12-10-19)24(32)31-16-6-5-15-30(23)31/h2-14,17H,15-16H2,1H3,(H,27,28,29)/t17-/m0/s1. The van der Waals surface area contributed by atoms with E-state index in [0.717, 1.165) is 5.56 Å². The van der Waals surface area contributed by atoms with Crippen LogP contribution >= 0.6 is 0 Å². The van der Waals surface area contributed by atoms with E-state index in [0.29, 0.717) is 41.6 Å². The maximum atomic E-state index is 13.5. The van der Waals surface area contributed by atoms with Gasteiger partial charge in [-0.25, -0.2) is 19.0 Å². The second kappa shape index (κ2) is 8.26. The molecule has 0 aliphatic carbocycles. The summed E-state index contributed by atoms with van der Waals surface area (Å²) in [6, 6.07) is 17.9. The summed E-state index contributed by atoms with van der Waals surface area (Å²) in [5, 5.41) is 3.34. The zero-order valence-electron chi connectivity index (χ0n) is 17.6. The van der Waals surface area contributed by atoms with Gasteiger partial charge in [0, 0.05) is 6.20 Å². The van der Waals surface area contributed by atoms with Crippen LogP contribution in [0.2, 0.25) is 0 Å². The van der Waals surface area contributed by atoms with E-state index >= 15 is 0 Å². The highest BCUT2D eigenvalue weighted by atomic mass is 19.1. The van der Waals surface area contributed by atoms with Crippen LogP contribution in [0.1, 0.15) is 18.5 Å². The van der Waals surface area contributed by atoms with E-state index in [9.17, 15) is 9.18 Å². The fourth-order valence-electron chi connectivity index (χ4n) is 4.03. The minimum absolute atomic E-state index is 0.0108. The summed E-state index contributed by atoms with van der Waals surface area (Å²) in [7, 11) is 0. The average molecular weight is 427 g/mol. The molecule has 0 unspecified atom stereocenters. The molecule has 160 valence electrons. The van der Waals surface area contributed by atoms with Gasteiger partial charge in [0.1, 0.15) is 5.82 Å². The molecule has 7 heteroatoms. The van der Waals surface area contributed by atoms with Crippen LogP contribution in [0.4, 0.5) is 10.3 Å². The summed E-state index contributed by atoms with van der Waals surface area (Å²) in [5.41, 5.74) is 3.50. The number of rotatable bonds is 5. The van der Waals surface area contributed by atoms with Crippen molar-refractivity contribution in [3.8, 4) is 22.5 Å². The molecule has 2 aromatic heterocycles. The van der Waals surface area contributed by atoms with Crippen molar-refractivity contribution in [3.05, 3.63) is 101 Å². The molecule has 0 saturated carbocycles. The molecule has 6 nitrogen and oxygen atoms in total. The van der Waals surface area contributed by atoms with E-state index in [1.807, 2.05) is 54.1 Å². The lowest BCUT2D eigenvalue weighted by molar-refractivity contribution is 0.498. The van der Waals surface area contributed by atoms with Gasteiger partial charge in [-0.2, -0.15) is 0 Å². The zero-order chi connectivity index (χ0) is 22.1. The Bertz CT molecular complexity index is 1340. The third-order valence-corrected chi connectivity index (χ3v) is 5.63. The summed E-state index contributed by atoms with van der Waals surface area (Å²) in [4.78, 5) is 22.4. The van der Waals surface area contributed by atoms with Crippen LogP contribution in [0.3, 0.4) is 0 Å². The van der Waals surface area contributed by atoms with Crippen molar-refractivity contribution in [3.63, 3.8) is 0 Å². The molecule has 0 spiro atoms. The first-order valence-corrected chi connectivity index (χ1v) is 10.5. The number of hydrogen-bond donors (Lipinski definition) is 1. The molecule has 0 radical (unpaired) electrons. The topological polar surface area (TPSA) is 64.7 Å². The Labute approximate surface area is 184 Å². The molecular weight excluding hydrogens is 405 g/mol. The number of nitrogens with one attached hydrogen (secondary N) is 1. The molecule has 3 heterocycles. The summed E-state index contributed by atoms with van der Waals surface area (Å²) in [6.07, 6.45) is 5.67. The molecular formula is C25H22FN5O. The fourth-order valence-corrected chi connectivity index (χ4v) is 4.03. The van der Waals surface area contributed by atoms with Crippen LogP contribution in [0.5, 0.6) is 0 Å². The number of hydrogen-bond acceptors (Lipinski definition) is 4. The molecule has 1 aliphatic rings. The van der Waals surface area contributed by atoms with Gasteiger partial charge in [0.05, 0.1) is 36.1 Å². The Balaban J connectivity index is 1.60. The van der Waals surface area contributed by atoms with Gasteiger partial charge in [0.15, 0.2) is 0 Å². The van der Waals surface area contributed by atoms with Crippen molar-refractivity contribution in [2.45, 2.75) is 26.1 Å². The number of anilines is 1. The molecule has 1 aliphatic heterocycles. The van der Waals surface area contributed by atoms with Crippen LogP contribution in [0, 0.1) is 5.82 Å². The lowest BCUT2D eigenvalue weighted by atomic mass is 10.0. The monoisotopic (exact) mass is 427 g/mol. The average Bonchev–Trinajstić information content (AvgIpc) is 3.13. The van der Waals surface area contributed by atoms with Gasteiger partial charge in [0.25, 0.3) is 5.56 Å². The molecule has 1 atom stereocenters. The van der Waals surface area contributed by atoms with E-state index in [1.165, 1.54) is 12.1 Å². The summed E-state index contributed by atoms with van der Waals surface area (Å²) >= 11 is 0. The van der Waals surface area contributed by atoms with Crippen LogP contribution in [-0.4, -0.2) is 19.3 Å². The van der Waals surface area contributed by atoms with Crippen molar-refractivity contribution in [2.75, 3.05) is 5.32 Å². The molecule has 4 aromatic rings. The Morgan fingerprint density at radius 3 is 2.44 bits per heavy atom. The zero-order valence-corrected chi connectivity index (χ0v) is 17.6. The number of fused-ring (bicyclic) bond motifs is 1. The predicted molar refractivity (Wildman–Crippen MR) is 123 cm³/mol. The molecule has 0 saturated heterocycles. The van der Waals surface area contributed by atoms with Gasteiger partial charge in [-0.05, 0) is 36.2 Å². The van der Waals surface area contributed by atoms with E-state index in [-0.39, 0.29) is 17.4 Å². The first kappa shape index (κ1) is 19.9. The highest BCUT2D eigenvalue weighted by Gasteiger charge is 2.24. The predicted octanol–water partition coefficient (Wildman–Crippen LogP) is 4.66. The SMILES string of the molecule is C[C@H](Nc1nccc(-c2c(-c3ccc(F)cc3)c(=O)n3n2CC=CC3)n1)c1ccccc1. The lowest BCUT2D eigenvalue weighted by Gasteiger charge is -2.17. The first-order valence-electron chi connectivity index (χ1n) is 10.5. The van der Waals surface area contributed by atoms with Gasteiger partial charge in [-0.1, -0.05) is 54.6 Å². The van der Waals surface area contributed by atoms with Crippen molar-refractivity contribution >= 4 is 5.95 Å². The van der Waals surface area contributed by atoms with Crippen molar-refractivity contribution < 1.29 is 4.39 Å². The smallest absolute Gasteiger partial charge is 0.275 e. The third kappa shape index (κ3) is 3.62. The van der Waals surface area contributed by atoms with Crippen LogP contribution in [0.25, 0.3) is 22.5 Å². The number of aromatic nitrogens is 4. The minimum Gasteiger partial charge on any atom is -0.348 e. The number of nitrogens with zero attached hydrogens (tertiary/aromatic N) is 4. The van der Waals surface area contributed by atoms with Gasteiger partial charge >= 0.3 is 0 Å². The van der Waals surface area contributed by atoms with Crippen molar-refractivity contribution in [2.24, 2.45) is 0 Å². The van der Waals surface area contributed by atoms with Gasteiger partial charge in [0.2, 0.25) is 5.95 Å². The first-order chi connectivity index (χ1) is 15.6. The quantitative estimate of drug-likeness (QED) is 0.471. The summed E-state index contributed by atoms with van der Waals surface area (Å²) in [6.45, 7) is 3.08. The maximum Gasteiger partial charge on any atom is 0.275 e. The summed E-state index contributed by atoms with van der Waals surface area (Å²) in [5.74, 6) is 0.132. The minimum atomic E-state index is -0.343. The Hall–Kier alpha value is -4.00. The van der Waals surface area contributed by atoms with E-state index in [2.05, 4.69) is 10.3 Å².